The van der Waals surface area contributed by atoms with Crippen LogP contribution in [0.4, 0.5) is 0 Å². The van der Waals surface area contributed by atoms with Crippen LogP contribution in [0.2, 0.25) is 0 Å². The summed E-state index contributed by atoms with van der Waals surface area (Å²) in [4.78, 5) is 29.7. The van der Waals surface area contributed by atoms with E-state index < -0.39 is 11.9 Å². The zero-order valence-corrected chi connectivity index (χ0v) is 11.2. The molecule has 0 aliphatic rings. The van der Waals surface area contributed by atoms with Gasteiger partial charge in [0.05, 0.1) is 0 Å². The van der Waals surface area contributed by atoms with Crippen molar-refractivity contribution in [1.29, 1.82) is 0 Å². The number of hydrogen-bond acceptors (Lipinski definition) is 4. The molecule has 3 aromatic rings. The Balaban J connectivity index is 2.19. The molecule has 3 rings (SSSR count). The van der Waals surface area contributed by atoms with Gasteiger partial charge < -0.3 is 10.2 Å². The van der Waals surface area contributed by atoms with Crippen LogP contribution in [0.25, 0.3) is 21.9 Å². The number of aromatic nitrogens is 2. The van der Waals surface area contributed by atoms with Gasteiger partial charge in [-0.25, -0.2) is 19.6 Å². The summed E-state index contributed by atoms with van der Waals surface area (Å²) in [5.41, 5.74) is 1.39. The van der Waals surface area contributed by atoms with Crippen LogP contribution in [0, 0.1) is 0 Å². The topological polar surface area (TPSA) is 100 Å². The molecule has 6 nitrogen and oxygen atoms in total. The smallest absolute Gasteiger partial charge is 0.354 e. The summed E-state index contributed by atoms with van der Waals surface area (Å²) in [6, 6.07) is 10.0. The van der Waals surface area contributed by atoms with Gasteiger partial charge in [0.2, 0.25) is 0 Å². The third-order valence-corrected chi connectivity index (χ3v) is 3.28. The number of hydrogen-bond donors (Lipinski definition) is 2. The van der Waals surface area contributed by atoms with Crippen LogP contribution in [0.3, 0.4) is 0 Å². The van der Waals surface area contributed by atoms with Crippen molar-refractivity contribution in [3.8, 4) is 11.1 Å². The Hall–Kier alpha value is -3.28. The number of aromatic carboxylic acids is 2. The molecule has 1 aromatic carbocycles. The molecule has 0 spiro atoms. The highest BCUT2D eigenvalue weighted by atomic mass is 16.4. The van der Waals surface area contributed by atoms with E-state index in [1.165, 1.54) is 24.5 Å². The van der Waals surface area contributed by atoms with E-state index in [9.17, 15) is 9.59 Å². The maximum absolute atomic E-state index is 11.1. The average molecular weight is 294 g/mol. The number of rotatable bonds is 3. The standard InChI is InChI=1S/C16H10N2O4/c19-15(20)13-5-4-10(8-17-13)11-3-1-2-9-7-18-14(16(21)22)6-12(9)11/h1-8H,(H,19,20)(H,21,22). The molecule has 0 unspecified atom stereocenters. The molecule has 0 amide bonds. The zero-order chi connectivity index (χ0) is 15.7. The average Bonchev–Trinajstić information content (AvgIpc) is 2.53. The van der Waals surface area contributed by atoms with E-state index in [0.29, 0.717) is 5.56 Å². The normalized spacial score (nSPS) is 10.5. The van der Waals surface area contributed by atoms with Crippen LogP contribution < -0.4 is 0 Å². The first-order valence-corrected chi connectivity index (χ1v) is 6.38. The molecule has 0 aliphatic carbocycles. The summed E-state index contributed by atoms with van der Waals surface area (Å²) in [7, 11) is 0. The van der Waals surface area contributed by atoms with E-state index in [1.807, 2.05) is 18.2 Å². The van der Waals surface area contributed by atoms with Gasteiger partial charge in [0.25, 0.3) is 0 Å². The van der Waals surface area contributed by atoms with Crippen molar-refractivity contribution in [1.82, 2.24) is 9.97 Å². The number of fused-ring (bicyclic) bond motifs is 1. The second-order valence-electron chi connectivity index (χ2n) is 4.64. The minimum absolute atomic E-state index is 0.0446. The fourth-order valence-electron chi connectivity index (χ4n) is 2.22. The van der Waals surface area contributed by atoms with Crippen molar-refractivity contribution in [2.24, 2.45) is 0 Å². The third-order valence-electron chi connectivity index (χ3n) is 3.28. The molecular formula is C16H10N2O4. The Morgan fingerprint density at radius 2 is 1.59 bits per heavy atom. The van der Waals surface area contributed by atoms with Crippen molar-refractivity contribution in [3.63, 3.8) is 0 Å². The highest BCUT2D eigenvalue weighted by molar-refractivity contribution is 6.00. The first kappa shape index (κ1) is 13.7. The molecule has 0 atom stereocenters. The van der Waals surface area contributed by atoms with E-state index in [1.54, 1.807) is 6.07 Å². The second-order valence-corrected chi connectivity index (χ2v) is 4.64. The van der Waals surface area contributed by atoms with Gasteiger partial charge in [-0.2, -0.15) is 0 Å². The molecule has 2 aromatic heterocycles. The molecule has 0 radical (unpaired) electrons. The van der Waals surface area contributed by atoms with Crippen LogP contribution in [-0.4, -0.2) is 32.1 Å². The summed E-state index contributed by atoms with van der Waals surface area (Å²) >= 11 is 0. The van der Waals surface area contributed by atoms with Gasteiger partial charge in [-0.15, -0.1) is 0 Å². The van der Waals surface area contributed by atoms with E-state index >= 15 is 0 Å². The van der Waals surface area contributed by atoms with Crippen LogP contribution in [0.1, 0.15) is 21.0 Å². The third kappa shape index (κ3) is 2.37. The van der Waals surface area contributed by atoms with Crippen LogP contribution in [0.5, 0.6) is 0 Å². The number of benzene rings is 1. The lowest BCUT2D eigenvalue weighted by atomic mass is 10.00. The van der Waals surface area contributed by atoms with Gasteiger partial charge in [0, 0.05) is 23.3 Å². The lowest BCUT2D eigenvalue weighted by Crippen LogP contribution is -2.00. The van der Waals surface area contributed by atoms with Crippen molar-refractivity contribution >= 4 is 22.7 Å². The van der Waals surface area contributed by atoms with Crippen LogP contribution in [0.15, 0.2) is 48.8 Å². The quantitative estimate of drug-likeness (QED) is 0.770. The van der Waals surface area contributed by atoms with E-state index in [-0.39, 0.29) is 11.4 Å². The number of pyridine rings is 2. The molecule has 0 saturated carbocycles. The van der Waals surface area contributed by atoms with Gasteiger partial charge in [-0.05, 0) is 23.1 Å². The first-order chi connectivity index (χ1) is 10.6. The number of carboxylic acid groups (broad SMARTS) is 2. The summed E-state index contributed by atoms with van der Waals surface area (Å²) < 4.78 is 0. The molecule has 108 valence electrons. The van der Waals surface area contributed by atoms with E-state index in [0.717, 1.165) is 16.3 Å². The van der Waals surface area contributed by atoms with Gasteiger partial charge >= 0.3 is 11.9 Å². The van der Waals surface area contributed by atoms with Crippen LogP contribution in [-0.2, 0) is 0 Å². The summed E-state index contributed by atoms with van der Waals surface area (Å²) in [6.07, 6.45) is 2.96. The van der Waals surface area contributed by atoms with Crippen molar-refractivity contribution in [2.75, 3.05) is 0 Å². The van der Waals surface area contributed by atoms with Gasteiger partial charge in [-0.3, -0.25) is 0 Å². The molecule has 0 saturated heterocycles. The summed E-state index contributed by atoms with van der Waals surface area (Å²) in [5.74, 6) is -2.20. The molecule has 2 heterocycles. The van der Waals surface area contributed by atoms with E-state index in [4.69, 9.17) is 10.2 Å². The Morgan fingerprint density at radius 3 is 2.23 bits per heavy atom. The number of carbonyl (C=O) groups is 2. The zero-order valence-electron chi connectivity index (χ0n) is 11.2. The van der Waals surface area contributed by atoms with Crippen molar-refractivity contribution in [3.05, 3.63) is 60.2 Å². The number of carboxylic acids is 2. The minimum atomic E-state index is -1.10. The molecular weight excluding hydrogens is 284 g/mol. The summed E-state index contributed by atoms with van der Waals surface area (Å²) in [5, 5.41) is 19.5. The fourth-order valence-corrected chi connectivity index (χ4v) is 2.22. The molecule has 0 bridgehead atoms. The van der Waals surface area contributed by atoms with E-state index in [2.05, 4.69) is 9.97 Å². The SMILES string of the molecule is O=C(O)c1ccc(-c2cccc3cnc(C(=O)O)cc23)cn1. The Morgan fingerprint density at radius 1 is 0.864 bits per heavy atom. The van der Waals surface area contributed by atoms with Gasteiger partial charge in [0.1, 0.15) is 11.4 Å². The van der Waals surface area contributed by atoms with Gasteiger partial charge in [-0.1, -0.05) is 24.3 Å². The highest BCUT2D eigenvalue weighted by Crippen LogP contribution is 2.28. The van der Waals surface area contributed by atoms with Crippen molar-refractivity contribution in [2.45, 2.75) is 0 Å². The summed E-state index contributed by atoms with van der Waals surface area (Å²) in [6.45, 7) is 0. The number of nitrogens with zero attached hydrogens (tertiary/aromatic N) is 2. The van der Waals surface area contributed by atoms with Crippen LogP contribution >= 0.6 is 0 Å². The second kappa shape index (κ2) is 5.25. The Bertz CT molecular complexity index is 888. The lowest BCUT2D eigenvalue weighted by molar-refractivity contribution is 0.0680. The lowest BCUT2D eigenvalue weighted by Gasteiger charge is -2.07. The largest absolute Gasteiger partial charge is 0.477 e. The Kier molecular flexibility index (Phi) is 3.27. The maximum atomic E-state index is 11.1. The molecule has 0 fully saturated rings. The molecule has 0 aliphatic heterocycles. The highest BCUT2D eigenvalue weighted by Gasteiger charge is 2.10. The molecule has 2 N–H and O–H groups in total. The molecule has 6 heteroatoms. The first-order valence-electron chi connectivity index (χ1n) is 6.38. The Labute approximate surface area is 124 Å². The fraction of sp³-hybridized carbons (Fsp3) is 0. The monoisotopic (exact) mass is 294 g/mol. The minimum Gasteiger partial charge on any atom is -0.477 e. The van der Waals surface area contributed by atoms with Gasteiger partial charge in [0.15, 0.2) is 0 Å². The predicted octanol–water partition coefficient (Wildman–Crippen LogP) is 2.69. The maximum Gasteiger partial charge on any atom is 0.354 e. The van der Waals surface area contributed by atoms with Crippen molar-refractivity contribution < 1.29 is 19.8 Å². The molecule has 22 heavy (non-hydrogen) atoms. The predicted molar refractivity (Wildman–Crippen MR) is 78.9 cm³/mol.